The minimum Gasteiger partial charge on any atom is -0.394 e. The third-order valence-corrected chi connectivity index (χ3v) is 22.1. The van der Waals surface area contributed by atoms with Gasteiger partial charge in [-0.05, 0) is 123 Å². The van der Waals surface area contributed by atoms with E-state index in [-0.39, 0.29) is 52.4 Å². The fourth-order valence-corrected chi connectivity index (χ4v) is 17.2. The summed E-state index contributed by atoms with van der Waals surface area (Å²) in [5.41, 5.74) is -0.371. The van der Waals surface area contributed by atoms with Gasteiger partial charge < -0.3 is 129 Å². The van der Waals surface area contributed by atoms with Gasteiger partial charge in [0.25, 0.3) is 0 Å². The smallest absolute Gasteiger partial charge is 0.187 e. The zero-order chi connectivity index (χ0) is 61.3. The summed E-state index contributed by atoms with van der Waals surface area (Å²) in [6, 6.07) is 0. The van der Waals surface area contributed by atoms with Crippen molar-refractivity contribution in [2.45, 2.75) is 260 Å². The van der Waals surface area contributed by atoms with Gasteiger partial charge in [0.1, 0.15) is 110 Å². The predicted molar refractivity (Wildman–Crippen MR) is 287 cm³/mol. The molecular formula is C58H98O26. The fraction of sp³-hybridized carbons (Fsp3) is 0.966. The van der Waals surface area contributed by atoms with Gasteiger partial charge in [0, 0.05) is 0 Å². The standard InChI is InChI=1S/C58H98O26/c1-24(2)9-8-10-25(21-75-51-47(74)42(69)41(68)32(81-51)23-77-50-46(73)40(67)31(20-61)78-50)26-11-15-58(7)36(26)27(62)17-34-56(5)14-13-35(55(3,4)33(56)12-16-57(34,58)6)82-53-48(43(70)38(65)29(18-59)79-53)84-54-49(44(71)39(66)30(19-60)80-54)83-52-45(72)37(64)28(63)22-76-52/h9,25-54,59-74H,8,10-23H2,1-7H3/t25-,26+,27-,28+,29+,30+,31-,32+,33+,34-,35+,36?,37-,38+,39+,40-,41+,42-,43-,44-,45+,46+,47+,48+,49+,50+,51+,52-,53?,54-,56+,57?,58?/m0/s1. The van der Waals surface area contributed by atoms with Crippen LogP contribution in [0.25, 0.3) is 0 Å². The highest BCUT2D eigenvalue weighted by molar-refractivity contribution is 5.19. The topological polar surface area (TPSA) is 416 Å². The summed E-state index contributed by atoms with van der Waals surface area (Å²) in [6.07, 6.45) is -29.0. The van der Waals surface area contributed by atoms with E-state index in [0.29, 0.717) is 25.7 Å². The molecule has 26 heteroatoms. The van der Waals surface area contributed by atoms with Crippen LogP contribution in [0, 0.1) is 51.2 Å². The molecule has 9 fully saturated rings. The molecule has 0 bridgehead atoms. The number of rotatable bonds is 19. The molecule has 33 atom stereocenters. The van der Waals surface area contributed by atoms with E-state index in [1.807, 2.05) is 13.8 Å². The van der Waals surface area contributed by atoms with Crippen molar-refractivity contribution in [2.24, 2.45) is 51.2 Å². The maximum atomic E-state index is 12.8. The summed E-state index contributed by atoms with van der Waals surface area (Å²) < 4.78 is 60.2. The Labute approximate surface area is 490 Å². The number of ether oxygens (including phenoxy) is 10. The van der Waals surface area contributed by atoms with E-state index in [9.17, 15) is 81.7 Å². The maximum absolute atomic E-state index is 12.8. The number of hydrogen-bond donors (Lipinski definition) is 16. The van der Waals surface area contributed by atoms with E-state index in [0.717, 1.165) is 37.7 Å². The molecule has 0 aromatic heterocycles. The summed E-state index contributed by atoms with van der Waals surface area (Å²) in [4.78, 5) is 0. The van der Waals surface area contributed by atoms with Crippen LogP contribution in [-0.2, 0) is 47.4 Å². The van der Waals surface area contributed by atoms with E-state index in [2.05, 4.69) is 40.7 Å². The Morgan fingerprint density at radius 2 is 1.02 bits per heavy atom. The molecule has 5 aliphatic heterocycles. The molecule has 84 heavy (non-hydrogen) atoms. The van der Waals surface area contributed by atoms with E-state index in [1.54, 1.807) is 0 Å². The predicted octanol–water partition coefficient (Wildman–Crippen LogP) is -3.24. The highest BCUT2D eigenvalue weighted by Crippen LogP contribution is 2.76. The lowest BCUT2D eigenvalue weighted by atomic mass is 9.35. The number of allylic oxidation sites excluding steroid dienone is 2. The van der Waals surface area contributed by atoms with E-state index in [1.165, 1.54) is 0 Å². The molecule has 16 N–H and O–H groups in total. The minimum absolute atomic E-state index is 0.0122. The molecule has 4 aliphatic carbocycles. The molecule has 0 aromatic rings. The number of aliphatic hydroxyl groups is 16. The van der Waals surface area contributed by atoms with E-state index in [4.69, 9.17) is 47.4 Å². The number of fused-ring (bicyclic) bond motifs is 5. The van der Waals surface area contributed by atoms with E-state index >= 15 is 0 Å². The van der Waals surface area contributed by atoms with Crippen LogP contribution < -0.4 is 0 Å². The molecule has 4 unspecified atom stereocenters. The van der Waals surface area contributed by atoms with Gasteiger partial charge in [-0.3, -0.25) is 0 Å². The van der Waals surface area contributed by atoms with Crippen LogP contribution in [0.2, 0.25) is 0 Å². The number of hydrogen-bond acceptors (Lipinski definition) is 26. The van der Waals surface area contributed by atoms with Crippen LogP contribution >= 0.6 is 0 Å². The molecule has 9 rings (SSSR count). The third-order valence-electron chi connectivity index (χ3n) is 22.1. The summed E-state index contributed by atoms with van der Waals surface area (Å²) in [6.45, 7) is 12.5. The zero-order valence-corrected chi connectivity index (χ0v) is 49.2. The Hall–Kier alpha value is -1.30. The van der Waals surface area contributed by atoms with Gasteiger partial charge in [-0.1, -0.05) is 46.3 Å². The van der Waals surface area contributed by atoms with Crippen LogP contribution in [-0.4, -0.2) is 275 Å². The molecule has 0 spiro atoms. The molecular weight excluding hydrogens is 1110 g/mol. The quantitative estimate of drug-likeness (QED) is 0.0446. The normalized spacial score (nSPS) is 52.5. The largest absolute Gasteiger partial charge is 0.394 e. The van der Waals surface area contributed by atoms with Gasteiger partial charge in [0.15, 0.2) is 31.5 Å². The lowest BCUT2D eigenvalue weighted by Crippen LogP contribution is -2.68. The van der Waals surface area contributed by atoms with Crippen molar-refractivity contribution in [3.05, 3.63) is 11.6 Å². The van der Waals surface area contributed by atoms with Gasteiger partial charge in [0.2, 0.25) is 0 Å². The molecule has 4 saturated carbocycles. The molecule has 5 saturated heterocycles. The van der Waals surface area contributed by atoms with Crippen LogP contribution in [0.15, 0.2) is 11.6 Å². The van der Waals surface area contributed by atoms with Crippen molar-refractivity contribution < 1.29 is 129 Å². The SMILES string of the molecule is CC(C)=CCC[C@@H](CO[C@@H]1O[C@H](CO[C@@H]2O[C@@H](CO)[C@H](O)[C@H]2O)[C@@H](O)[C@H](O)[C@H]1O)[C@H]1CCC2(C)C1[C@@H](O)C[C@@H]1C2(C)CC[C@@H]2C(C)(C)[C@H](OC3O[C@H](CO)[C@@H](O)[C@H](O)[C@H]3O[C@@H]3O[C@H](CO)[C@@H](O)[C@H](O)[C@H]3O[C@@H]3OC[C@@H](O)[C@H](O)[C@H]3O)CC[C@]21C. The van der Waals surface area contributed by atoms with Gasteiger partial charge in [-0.15, -0.1) is 0 Å². The van der Waals surface area contributed by atoms with Crippen molar-refractivity contribution in [1.29, 1.82) is 0 Å². The Morgan fingerprint density at radius 1 is 0.512 bits per heavy atom. The van der Waals surface area contributed by atoms with Gasteiger partial charge >= 0.3 is 0 Å². The fourth-order valence-electron chi connectivity index (χ4n) is 17.2. The van der Waals surface area contributed by atoms with Crippen molar-refractivity contribution in [3.8, 4) is 0 Å². The second-order valence-corrected chi connectivity index (χ2v) is 27.4. The maximum Gasteiger partial charge on any atom is 0.187 e. The zero-order valence-electron chi connectivity index (χ0n) is 49.2. The number of aliphatic hydroxyl groups excluding tert-OH is 16. The first-order valence-electron chi connectivity index (χ1n) is 30.3. The van der Waals surface area contributed by atoms with Crippen LogP contribution in [0.5, 0.6) is 0 Å². The summed E-state index contributed by atoms with van der Waals surface area (Å²) in [7, 11) is 0. The summed E-state index contributed by atoms with van der Waals surface area (Å²) in [5, 5.41) is 173. The molecule has 5 heterocycles. The van der Waals surface area contributed by atoms with Crippen molar-refractivity contribution in [3.63, 3.8) is 0 Å². The Bertz CT molecular complexity index is 2180. The first-order valence-corrected chi connectivity index (χ1v) is 30.3. The highest BCUT2D eigenvalue weighted by Gasteiger charge is 2.71. The van der Waals surface area contributed by atoms with Crippen molar-refractivity contribution in [2.75, 3.05) is 39.6 Å². The van der Waals surface area contributed by atoms with Gasteiger partial charge in [-0.25, -0.2) is 0 Å². The lowest BCUT2D eigenvalue weighted by molar-refractivity contribution is -0.395. The second kappa shape index (κ2) is 26.5. The van der Waals surface area contributed by atoms with E-state index < -0.39 is 192 Å². The third kappa shape index (κ3) is 12.2. The van der Waals surface area contributed by atoms with Crippen molar-refractivity contribution >= 4 is 0 Å². The first kappa shape index (κ1) is 67.1. The summed E-state index contributed by atoms with van der Waals surface area (Å²) in [5.74, 6) is -0.202. The Balaban J connectivity index is 0.906. The first-order chi connectivity index (χ1) is 39.6. The second-order valence-electron chi connectivity index (χ2n) is 27.4. The van der Waals surface area contributed by atoms with Crippen LogP contribution in [0.4, 0.5) is 0 Å². The Kier molecular flexibility index (Phi) is 21.2. The average Bonchev–Trinajstić information content (AvgIpc) is 1.16. The molecule has 0 amide bonds. The lowest BCUT2D eigenvalue weighted by Gasteiger charge is -2.70. The molecule has 0 radical (unpaired) electrons. The monoisotopic (exact) mass is 1210 g/mol. The molecule has 0 aromatic carbocycles. The van der Waals surface area contributed by atoms with Crippen molar-refractivity contribution in [1.82, 2.24) is 0 Å². The van der Waals surface area contributed by atoms with Crippen LogP contribution in [0.1, 0.15) is 106 Å². The molecule has 9 aliphatic rings. The van der Waals surface area contributed by atoms with Gasteiger partial charge in [0.05, 0.1) is 51.8 Å². The molecule has 26 nitrogen and oxygen atoms in total. The average molecular weight is 1210 g/mol. The highest BCUT2D eigenvalue weighted by atomic mass is 16.8. The van der Waals surface area contributed by atoms with Gasteiger partial charge in [-0.2, -0.15) is 0 Å². The summed E-state index contributed by atoms with van der Waals surface area (Å²) >= 11 is 0. The minimum atomic E-state index is -1.88. The Morgan fingerprint density at radius 3 is 1.63 bits per heavy atom. The molecule has 486 valence electrons. The van der Waals surface area contributed by atoms with Crippen LogP contribution in [0.3, 0.4) is 0 Å².